The molecule has 6 nitrogen and oxygen atoms in total. The summed E-state index contributed by atoms with van der Waals surface area (Å²) in [5.41, 5.74) is -0.0460. The Labute approximate surface area is 96.8 Å². The first-order valence-corrected chi connectivity index (χ1v) is 5.22. The fraction of sp³-hybridized carbons (Fsp3) is 0.182. The molecule has 88 valence electrons. The van der Waals surface area contributed by atoms with Crippen LogP contribution in [0.4, 0.5) is 5.95 Å². The molecule has 1 aromatic heterocycles. The molecule has 0 atom stereocenters. The minimum atomic E-state index is -0.657. The number of aromatic amines is 2. The normalized spacial score (nSPS) is 10.1. The van der Waals surface area contributed by atoms with Crippen LogP contribution < -0.4 is 16.7 Å². The molecule has 2 rings (SSSR count). The molecule has 0 unspecified atom stereocenters. The molecule has 1 aromatic carbocycles. The van der Waals surface area contributed by atoms with Crippen LogP contribution >= 0.6 is 0 Å². The van der Waals surface area contributed by atoms with Crippen molar-refractivity contribution in [3.63, 3.8) is 0 Å². The lowest BCUT2D eigenvalue weighted by Crippen LogP contribution is -2.27. The summed E-state index contributed by atoms with van der Waals surface area (Å²) in [6, 6.07) is 9.89. The van der Waals surface area contributed by atoms with E-state index in [1.165, 1.54) is 5.56 Å². The zero-order valence-corrected chi connectivity index (χ0v) is 9.06. The van der Waals surface area contributed by atoms with E-state index in [0.717, 1.165) is 6.42 Å². The Bertz CT molecular complexity index is 560. The van der Waals surface area contributed by atoms with E-state index in [0.29, 0.717) is 6.54 Å². The zero-order chi connectivity index (χ0) is 12.1. The summed E-state index contributed by atoms with van der Waals surface area (Å²) in [6.45, 7) is 0.594. The van der Waals surface area contributed by atoms with Crippen molar-refractivity contribution in [3.05, 3.63) is 56.9 Å². The molecule has 0 aliphatic carbocycles. The van der Waals surface area contributed by atoms with Crippen molar-refractivity contribution in [2.75, 3.05) is 11.9 Å². The van der Waals surface area contributed by atoms with Gasteiger partial charge in [0.15, 0.2) is 0 Å². The molecule has 2 aromatic rings. The van der Waals surface area contributed by atoms with Crippen LogP contribution in [0.15, 0.2) is 39.9 Å². The predicted molar refractivity (Wildman–Crippen MR) is 64.1 cm³/mol. The standard InChI is InChI=1S/C11H12N4O2/c16-10-13-9(14-11(17)15-10)12-7-6-8-4-2-1-3-5-8/h1-5H,6-7H2,(H3,12,13,14,15,16,17). The first kappa shape index (κ1) is 11.1. The molecule has 0 spiro atoms. The van der Waals surface area contributed by atoms with Gasteiger partial charge in [-0.2, -0.15) is 4.98 Å². The van der Waals surface area contributed by atoms with Gasteiger partial charge in [-0.25, -0.2) is 9.59 Å². The molecule has 17 heavy (non-hydrogen) atoms. The van der Waals surface area contributed by atoms with Crippen LogP contribution in [-0.2, 0) is 6.42 Å². The summed E-state index contributed by atoms with van der Waals surface area (Å²) in [4.78, 5) is 29.9. The smallest absolute Gasteiger partial charge is 0.352 e. The van der Waals surface area contributed by atoms with E-state index in [4.69, 9.17) is 0 Å². The Morgan fingerprint density at radius 1 is 1.12 bits per heavy atom. The molecular formula is C11H12N4O2. The van der Waals surface area contributed by atoms with Crippen LogP contribution in [0.25, 0.3) is 0 Å². The largest absolute Gasteiger partial charge is 0.355 e. The van der Waals surface area contributed by atoms with Gasteiger partial charge in [-0.05, 0) is 12.0 Å². The molecule has 0 bridgehead atoms. The highest BCUT2D eigenvalue weighted by Crippen LogP contribution is 1.99. The molecule has 0 saturated carbocycles. The Hall–Kier alpha value is -2.37. The Morgan fingerprint density at radius 3 is 2.59 bits per heavy atom. The molecule has 0 radical (unpaired) electrons. The first-order chi connectivity index (χ1) is 8.24. The summed E-state index contributed by atoms with van der Waals surface area (Å²) in [5, 5.41) is 2.89. The third-order valence-corrected chi connectivity index (χ3v) is 2.21. The van der Waals surface area contributed by atoms with Gasteiger partial charge in [0.2, 0.25) is 5.95 Å². The molecule has 0 aliphatic rings. The molecule has 1 heterocycles. The molecule has 0 saturated heterocycles. The maximum absolute atomic E-state index is 11.0. The van der Waals surface area contributed by atoms with Crippen molar-refractivity contribution in [1.29, 1.82) is 0 Å². The molecular weight excluding hydrogens is 220 g/mol. The summed E-state index contributed by atoms with van der Waals surface area (Å²) in [7, 11) is 0. The number of benzene rings is 1. The number of nitrogens with zero attached hydrogens (tertiary/aromatic N) is 1. The van der Waals surface area contributed by atoms with Gasteiger partial charge in [-0.15, -0.1) is 0 Å². The van der Waals surface area contributed by atoms with E-state index in [9.17, 15) is 9.59 Å². The van der Waals surface area contributed by atoms with Crippen molar-refractivity contribution >= 4 is 5.95 Å². The lowest BCUT2D eigenvalue weighted by molar-refractivity contribution is 0.906. The van der Waals surface area contributed by atoms with Crippen LogP contribution in [0, 0.1) is 0 Å². The molecule has 6 heteroatoms. The van der Waals surface area contributed by atoms with Gasteiger partial charge < -0.3 is 5.32 Å². The Balaban J connectivity index is 1.94. The van der Waals surface area contributed by atoms with Crippen LogP contribution in [0.2, 0.25) is 0 Å². The number of hydrogen-bond donors (Lipinski definition) is 3. The maximum Gasteiger partial charge on any atom is 0.352 e. The topological polar surface area (TPSA) is 90.6 Å². The van der Waals surface area contributed by atoms with Gasteiger partial charge >= 0.3 is 11.4 Å². The predicted octanol–water partition coefficient (Wildman–Crippen LogP) is 0.113. The summed E-state index contributed by atoms with van der Waals surface area (Å²) < 4.78 is 0. The van der Waals surface area contributed by atoms with Crippen LogP contribution in [-0.4, -0.2) is 21.5 Å². The fourth-order valence-corrected chi connectivity index (χ4v) is 1.45. The van der Waals surface area contributed by atoms with Gasteiger partial charge in [0, 0.05) is 6.54 Å². The quantitative estimate of drug-likeness (QED) is 0.698. The SMILES string of the molecule is O=c1nc(NCCc2ccccc2)[nH]c(=O)[nH]1. The number of anilines is 1. The third kappa shape index (κ3) is 3.30. The van der Waals surface area contributed by atoms with E-state index in [2.05, 4.69) is 15.3 Å². The minimum absolute atomic E-state index is 0.190. The molecule has 3 N–H and O–H groups in total. The average Bonchev–Trinajstić information content (AvgIpc) is 2.29. The van der Waals surface area contributed by atoms with E-state index >= 15 is 0 Å². The Morgan fingerprint density at radius 2 is 1.88 bits per heavy atom. The van der Waals surface area contributed by atoms with Crippen LogP contribution in [0.1, 0.15) is 5.56 Å². The highest BCUT2D eigenvalue weighted by Gasteiger charge is 1.97. The van der Waals surface area contributed by atoms with Crippen LogP contribution in [0.3, 0.4) is 0 Å². The minimum Gasteiger partial charge on any atom is -0.355 e. The average molecular weight is 232 g/mol. The van der Waals surface area contributed by atoms with Crippen molar-refractivity contribution in [3.8, 4) is 0 Å². The highest BCUT2D eigenvalue weighted by atomic mass is 16.2. The maximum atomic E-state index is 11.0. The lowest BCUT2D eigenvalue weighted by atomic mass is 10.1. The van der Waals surface area contributed by atoms with Crippen molar-refractivity contribution < 1.29 is 0 Å². The van der Waals surface area contributed by atoms with E-state index in [1.807, 2.05) is 35.3 Å². The second-order valence-electron chi connectivity index (χ2n) is 3.51. The highest BCUT2D eigenvalue weighted by molar-refractivity contribution is 5.22. The summed E-state index contributed by atoms with van der Waals surface area (Å²) >= 11 is 0. The molecule has 0 amide bonds. The molecule has 0 fully saturated rings. The van der Waals surface area contributed by atoms with Gasteiger partial charge in [-0.1, -0.05) is 30.3 Å². The number of nitrogens with one attached hydrogen (secondary N) is 3. The number of aromatic nitrogens is 3. The lowest BCUT2D eigenvalue weighted by Gasteiger charge is -2.03. The summed E-state index contributed by atoms with van der Waals surface area (Å²) in [5.74, 6) is 0.190. The van der Waals surface area contributed by atoms with E-state index in [1.54, 1.807) is 0 Å². The van der Waals surface area contributed by atoms with Crippen LogP contribution in [0.5, 0.6) is 0 Å². The summed E-state index contributed by atoms with van der Waals surface area (Å²) in [6.07, 6.45) is 0.789. The second-order valence-corrected chi connectivity index (χ2v) is 3.51. The third-order valence-electron chi connectivity index (χ3n) is 2.21. The van der Waals surface area contributed by atoms with Gasteiger partial charge in [0.1, 0.15) is 0 Å². The van der Waals surface area contributed by atoms with Crippen molar-refractivity contribution in [2.24, 2.45) is 0 Å². The van der Waals surface area contributed by atoms with E-state index < -0.39 is 11.4 Å². The first-order valence-electron chi connectivity index (χ1n) is 5.22. The fourth-order valence-electron chi connectivity index (χ4n) is 1.45. The van der Waals surface area contributed by atoms with Crippen molar-refractivity contribution in [2.45, 2.75) is 6.42 Å². The van der Waals surface area contributed by atoms with Gasteiger partial charge in [-0.3, -0.25) is 9.97 Å². The number of hydrogen-bond acceptors (Lipinski definition) is 4. The van der Waals surface area contributed by atoms with E-state index in [-0.39, 0.29) is 5.95 Å². The molecule has 0 aliphatic heterocycles. The number of H-pyrrole nitrogens is 2. The van der Waals surface area contributed by atoms with Crippen molar-refractivity contribution in [1.82, 2.24) is 15.0 Å². The Kier molecular flexibility index (Phi) is 3.34. The number of rotatable bonds is 4. The second kappa shape index (κ2) is 5.11. The van der Waals surface area contributed by atoms with Gasteiger partial charge in [0.25, 0.3) is 0 Å². The zero-order valence-electron chi connectivity index (χ0n) is 9.06. The van der Waals surface area contributed by atoms with Gasteiger partial charge in [0.05, 0.1) is 0 Å². The monoisotopic (exact) mass is 232 g/mol.